The Bertz CT molecular complexity index is 1080. The lowest BCUT2D eigenvalue weighted by molar-refractivity contribution is -0.134. The summed E-state index contributed by atoms with van der Waals surface area (Å²) in [6, 6.07) is 9.12. The Morgan fingerprint density at radius 2 is 1.77 bits per heavy atom. The first-order valence-electron chi connectivity index (χ1n) is 10.5. The van der Waals surface area contributed by atoms with Crippen molar-refractivity contribution in [2.75, 3.05) is 18.5 Å². The van der Waals surface area contributed by atoms with Gasteiger partial charge in [-0.15, -0.1) is 0 Å². The summed E-state index contributed by atoms with van der Waals surface area (Å²) in [6.07, 6.45) is 0.809. The average molecular weight is 490 g/mol. The number of fused-ring (bicyclic) bond motifs is 1. The predicted octanol–water partition coefficient (Wildman–Crippen LogP) is 2.22. The maximum absolute atomic E-state index is 13.0. The van der Waals surface area contributed by atoms with Crippen LogP contribution in [0.3, 0.4) is 0 Å². The van der Waals surface area contributed by atoms with Crippen molar-refractivity contribution in [2.45, 2.75) is 31.9 Å². The van der Waals surface area contributed by atoms with Crippen molar-refractivity contribution in [3.63, 3.8) is 0 Å². The van der Waals surface area contributed by atoms with Crippen molar-refractivity contribution >= 4 is 23.5 Å². The third-order valence-electron chi connectivity index (χ3n) is 4.78. The number of hydrogen-bond acceptors (Lipinski definition) is 7. The summed E-state index contributed by atoms with van der Waals surface area (Å²) in [5, 5.41) is 42.0. The quantitative estimate of drug-likeness (QED) is 0.304. The molecule has 10 nitrogen and oxygen atoms in total. The molecule has 188 valence electrons. The van der Waals surface area contributed by atoms with Gasteiger partial charge in [0, 0.05) is 35.9 Å². The van der Waals surface area contributed by atoms with Crippen molar-refractivity contribution in [3.05, 3.63) is 65.5 Å². The molecule has 2 aromatic carbocycles. The van der Waals surface area contributed by atoms with Crippen LogP contribution in [0.25, 0.3) is 0 Å². The van der Waals surface area contributed by atoms with E-state index < -0.39 is 18.0 Å². The molecule has 35 heavy (non-hydrogen) atoms. The minimum atomic E-state index is -1.26. The van der Waals surface area contributed by atoms with Gasteiger partial charge in [-0.3, -0.25) is 4.79 Å². The minimum Gasteiger partial charge on any atom is -0.508 e. The van der Waals surface area contributed by atoms with Crippen LogP contribution in [0.15, 0.2) is 48.6 Å². The highest BCUT2D eigenvalue weighted by molar-refractivity contribution is 5.96. The molecule has 6 N–H and O–H groups in total. The zero-order valence-corrected chi connectivity index (χ0v) is 19.1. The summed E-state index contributed by atoms with van der Waals surface area (Å²) >= 11 is 0. The van der Waals surface area contributed by atoms with E-state index in [2.05, 4.69) is 10.6 Å². The Morgan fingerprint density at radius 1 is 1.17 bits per heavy atom. The molecule has 1 aliphatic rings. The molecule has 1 amide bonds. The lowest BCUT2D eigenvalue weighted by Crippen LogP contribution is -2.43. The molecule has 2 aromatic rings. The maximum Gasteiger partial charge on any atom is 0.328 e. The van der Waals surface area contributed by atoms with Gasteiger partial charge in [0.2, 0.25) is 0 Å². The molecule has 1 atom stereocenters. The molecule has 0 radical (unpaired) electrons. The van der Waals surface area contributed by atoms with E-state index in [1.807, 2.05) is 13.8 Å². The zero-order chi connectivity index (χ0) is 26.2. The number of benzene rings is 2. The highest BCUT2D eigenvalue weighted by Gasteiger charge is 2.26. The molecule has 3 rings (SSSR count). The highest BCUT2D eigenvalue weighted by Crippen LogP contribution is 2.38. The summed E-state index contributed by atoms with van der Waals surface area (Å²) in [4.78, 5) is 30.6. The molecule has 1 aliphatic heterocycles. The van der Waals surface area contributed by atoms with E-state index in [1.54, 1.807) is 12.1 Å². The van der Waals surface area contributed by atoms with Crippen LogP contribution >= 0.6 is 0 Å². The van der Waals surface area contributed by atoms with Gasteiger partial charge in [-0.2, -0.15) is 0 Å². The third kappa shape index (κ3) is 9.07. The number of rotatable bonds is 8. The molecule has 0 saturated carbocycles. The second-order valence-corrected chi connectivity index (χ2v) is 8.34. The van der Waals surface area contributed by atoms with Crippen molar-refractivity contribution in [1.82, 2.24) is 5.32 Å². The van der Waals surface area contributed by atoms with Gasteiger partial charge in [0.05, 0.1) is 11.8 Å². The summed E-state index contributed by atoms with van der Waals surface area (Å²) in [5.41, 5.74) is 1.36. The molecule has 0 saturated heterocycles. The van der Waals surface area contributed by atoms with E-state index in [0.717, 1.165) is 5.56 Å². The number of carboxylic acid groups (broad SMARTS) is 2. The Morgan fingerprint density at radius 3 is 2.34 bits per heavy atom. The van der Waals surface area contributed by atoms with E-state index in [4.69, 9.17) is 14.9 Å². The van der Waals surface area contributed by atoms with Gasteiger partial charge in [-0.1, -0.05) is 12.1 Å². The van der Waals surface area contributed by atoms with Gasteiger partial charge in [-0.05, 0) is 44.0 Å². The number of β-amino-alcohol motifs (C(OH)–C–C–N with tert-alkyl or cyclic N) is 1. The van der Waals surface area contributed by atoms with Crippen molar-refractivity contribution < 1.29 is 43.9 Å². The lowest BCUT2D eigenvalue weighted by Gasteiger charge is -2.29. The number of aromatic hydroxyl groups is 1. The second-order valence-electron chi connectivity index (χ2n) is 8.34. The predicted molar refractivity (Wildman–Crippen MR) is 124 cm³/mol. The number of anilines is 1. The zero-order valence-electron chi connectivity index (χ0n) is 19.1. The normalized spacial score (nSPS) is 13.7. The van der Waals surface area contributed by atoms with Crippen LogP contribution < -0.4 is 15.4 Å². The maximum atomic E-state index is 13.0. The van der Waals surface area contributed by atoms with Crippen LogP contribution in [0, 0.1) is 5.82 Å². The first-order valence-corrected chi connectivity index (χ1v) is 10.5. The number of ether oxygens (including phenoxy) is 1. The van der Waals surface area contributed by atoms with E-state index in [0.29, 0.717) is 35.6 Å². The number of carbonyl (C=O) groups excluding carboxylic acids is 1. The van der Waals surface area contributed by atoms with Crippen LogP contribution in [-0.2, 0) is 20.8 Å². The van der Waals surface area contributed by atoms with Crippen molar-refractivity contribution in [3.8, 4) is 11.5 Å². The Balaban J connectivity index is 0.000000466. The SMILES string of the molecule is CC(C)(Cc1ccc(F)cc1)NC[C@H](O)c1cc(O)cc2c1OCC(=O)N2.O=C(O)/C=C\C(=O)O. The molecule has 0 spiro atoms. The van der Waals surface area contributed by atoms with Gasteiger partial charge >= 0.3 is 11.9 Å². The number of aliphatic carboxylic acids is 2. The number of phenolic OH excluding ortho intramolecular Hbond substituents is 1. The Kier molecular flexibility index (Phi) is 9.32. The summed E-state index contributed by atoms with van der Waals surface area (Å²) in [6.45, 7) is 4.04. The number of halogens is 1. The van der Waals surface area contributed by atoms with Gasteiger partial charge in [0.15, 0.2) is 6.61 Å². The summed E-state index contributed by atoms with van der Waals surface area (Å²) in [5.74, 6) is -2.82. The number of carboxylic acids is 2. The van der Waals surface area contributed by atoms with E-state index in [-0.39, 0.29) is 36.2 Å². The first-order chi connectivity index (χ1) is 16.4. The topological polar surface area (TPSA) is 165 Å². The molecule has 0 bridgehead atoms. The standard InChI is InChI=1S/C20H23FN2O4.C4H4O4/c1-20(2,9-12-3-5-13(21)6-4-12)22-10-17(25)15-7-14(24)8-16-19(15)27-11-18(26)23-16;5-3(6)1-2-4(7)8/h3-8,17,22,24-25H,9-11H2,1-2H3,(H,23,26);1-2H,(H,5,6)(H,7,8)/b;2-1-/t17-;/m0./s1. The van der Waals surface area contributed by atoms with Crippen LogP contribution in [0.2, 0.25) is 0 Å². The number of phenols is 1. The number of aliphatic hydroxyl groups is 1. The molecule has 0 aliphatic carbocycles. The van der Waals surface area contributed by atoms with Gasteiger partial charge in [0.25, 0.3) is 5.91 Å². The van der Waals surface area contributed by atoms with E-state index in [1.165, 1.54) is 24.3 Å². The van der Waals surface area contributed by atoms with Crippen LogP contribution in [0.5, 0.6) is 11.5 Å². The van der Waals surface area contributed by atoms with Gasteiger partial charge < -0.3 is 35.8 Å². The van der Waals surface area contributed by atoms with Crippen molar-refractivity contribution in [2.24, 2.45) is 0 Å². The second kappa shape index (κ2) is 12.0. The fourth-order valence-electron chi connectivity index (χ4n) is 3.26. The van der Waals surface area contributed by atoms with Gasteiger partial charge in [0.1, 0.15) is 17.3 Å². The fraction of sp³-hybridized carbons (Fsp3) is 0.292. The average Bonchev–Trinajstić information content (AvgIpc) is 2.77. The van der Waals surface area contributed by atoms with Crippen LogP contribution in [0.1, 0.15) is 31.1 Å². The number of aliphatic hydroxyl groups excluding tert-OH is 1. The van der Waals surface area contributed by atoms with E-state index in [9.17, 15) is 29.0 Å². The monoisotopic (exact) mass is 490 g/mol. The summed E-state index contributed by atoms with van der Waals surface area (Å²) < 4.78 is 18.5. The molecule has 0 aromatic heterocycles. The molecule has 1 heterocycles. The molecular formula is C24H27FN2O8. The molecular weight excluding hydrogens is 463 g/mol. The lowest BCUT2D eigenvalue weighted by atomic mass is 9.94. The Hall–Kier alpha value is -3.96. The van der Waals surface area contributed by atoms with Gasteiger partial charge in [-0.25, -0.2) is 14.0 Å². The smallest absolute Gasteiger partial charge is 0.328 e. The van der Waals surface area contributed by atoms with Crippen molar-refractivity contribution in [1.29, 1.82) is 0 Å². The van der Waals surface area contributed by atoms with E-state index >= 15 is 0 Å². The third-order valence-corrected chi connectivity index (χ3v) is 4.78. The molecule has 11 heteroatoms. The largest absolute Gasteiger partial charge is 0.508 e. The molecule has 0 unspecified atom stereocenters. The number of nitrogens with one attached hydrogen (secondary N) is 2. The summed E-state index contributed by atoms with van der Waals surface area (Å²) in [7, 11) is 0. The fourth-order valence-corrected chi connectivity index (χ4v) is 3.26. The highest BCUT2D eigenvalue weighted by atomic mass is 19.1. The Labute approximate surface area is 200 Å². The molecule has 0 fully saturated rings. The minimum absolute atomic E-state index is 0.0702. The van der Waals surface area contributed by atoms with Crippen LogP contribution in [-0.4, -0.2) is 57.0 Å². The van der Waals surface area contributed by atoms with Crippen LogP contribution in [0.4, 0.5) is 10.1 Å². The number of amides is 1. The first kappa shape index (κ1) is 27.3. The number of hydrogen-bond donors (Lipinski definition) is 6. The number of carbonyl (C=O) groups is 3.